The Balaban J connectivity index is 1.09. The van der Waals surface area contributed by atoms with E-state index in [1.807, 2.05) is 6.20 Å². The molecule has 0 spiro atoms. The minimum absolute atomic E-state index is 0.437. The lowest BCUT2D eigenvalue weighted by molar-refractivity contribution is 0.957. The van der Waals surface area contributed by atoms with Crippen molar-refractivity contribution < 1.29 is 0 Å². The molecule has 0 N–H and O–H groups in total. The number of pyridine rings is 1. The molecule has 0 aliphatic heterocycles. The van der Waals surface area contributed by atoms with Crippen LogP contribution in [0.5, 0.6) is 0 Å². The van der Waals surface area contributed by atoms with E-state index in [4.69, 9.17) is 9.97 Å². The van der Waals surface area contributed by atoms with Crippen LogP contribution in [0.2, 0.25) is 0 Å². The topological polar surface area (TPSA) is 38.7 Å². The van der Waals surface area contributed by atoms with Gasteiger partial charge < -0.3 is 0 Å². The van der Waals surface area contributed by atoms with Gasteiger partial charge in [0.25, 0.3) is 0 Å². The Bertz CT molecular complexity index is 2550. The molecule has 51 heavy (non-hydrogen) atoms. The quantitative estimate of drug-likeness (QED) is 0.179. The van der Waals surface area contributed by atoms with Crippen LogP contribution >= 0.6 is 0 Å². The number of benzene rings is 5. The molecule has 0 radical (unpaired) electrons. The van der Waals surface area contributed by atoms with Gasteiger partial charge in [-0.2, -0.15) is 0 Å². The van der Waals surface area contributed by atoms with Crippen LogP contribution in [0.15, 0.2) is 158 Å². The maximum Gasteiger partial charge on any atom is 0.160 e. The highest BCUT2D eigenvalue weighted by Crippen LogP contribution is 2.57. The molecular formula is C48H35N3. The van der Waals surface area contributed by atoms with E-state index in [0.717, 1.165) is 53.2 Å². The molecule has 10 rings (SSSR count). The van der Waals surface area contributed by atoms with Gasteiger partial charge in [0.1, 0.15) is 0 Å². The number of allylic oxidation sites excluding steroid dienone is 5. The lowest BCUT2D eigenvalue weighted by Crippen LogP contribution is -2.05. The Morgan fingerprint density at radius 3 is 2.16 bits per heavy atom. The van der Waals surface area contributed by atoms with Crippen molar-refractivity contribution >= 4 is 28.0 Å². The molecule has 2 unspecified atom stereocenters. The minimum atomic E-state index is 0.437. The molecule has 3 aliphatic rings. The number of hydrogen-bond acceptors (Lipinski definition) is 3. The maximum absolute atomic E-state index is 5.33. The zero-order valence-electron chi connectivity index (χ0n) is 28.2. The van der Waals surface area contributed by atoms with E-state index in [-0.39, 0.29) is 0 Å². The summed E-state index contributed by atoms with van der Waals surface area (Å²) in [6, 6.07) is 45.3. The van der Waals surface area contributed by atoms with Crippen LogP contribution in [0.3, 0.4) is 0 Å². The fourth-order valence-corrected chi connectivity index (χ4v) is 8.09. The molecular weight excluding hydrogens is 619 g/mol. The maximum atomic E-state index is 5.33. The van der Waals surface area contributed by atoms with Crippen molar-refractivity contribution in [2.75, 3.05) is 0 Å². The molecule has 2 atom stereocenters. The lowest BCUT2D eigenvalue weighted by atomic mass is 9.87. The van der Waals surface area contributed by atoms with Crippen LogP contribution in [0.25, 0.3) is 72.9 Å². The minimum Gasteiger partial charge on any atom is -0.264 e. The van der Waals surface area contributed by atoms with Crippen molar-refractivity contribution in [1.82, 2.24) is 15.0 Å². The smallest absolute Gasteiger partial charge is 0.160 e. The average molecular weight is 654 g/mol. The van der Waals surface area contributed by atoms with Crippen molar-refractivity contribution in [3.05, 3.63) is 180 Å². The molecule has 0 bridgehead atoms. The van der Waals surface area contributed by atoms with Crippen LogP contribution in [-0.4, -0.2) is 15.0 Å². The summed E-state index contributed by atoms with van der Waals surface area (Å²) in [7, 11) is 0. The zero-order valence-corrected chi connectivity index (χ0v) is 28.2. The van der Waals surface area contributed by atoms with Gasteiger partial charge in [-0.15, -0.1) is 0 Å². The summed E-state index contributed by atoms with van der Waals surface area (Å²) in [6.45, 7) is 0. The predicted molar refractivity (Wildman–Crippen MR) is 210 cm³/mol. The van der Waals surface area contributed by atoms with Crippen LogP contribution in [0, 0.1) is 11.8 Å². The van der Waals surface area contributed by atoms with Gasteiger partial charge in [0, 0.05) is 29.1 Å². The highest BCUT2D eigenvalue weighted by atomic mass is 14.9. The fraction of sp³-hybridized carbons (Fsp3) is 0.104. The van der Waals surface area contributed by atoms with Crippen molar-refractivity contribution in [3.63, 3.8) is 0 Å². The molecule has 3 heteroatoms. The Labute approximate surface area is 298 Å². The van der Waals surface area contributed by atoms with Crippen LogP contribution < -0.4 is 0 Å². The highest BCUT2D eigenvalue weighted by molar-refractivity contribution is 5.97. The third kappa shape index (κ3) is 5.43. The van der Waals surface area contributed by atoms with E-state index in [0.29, 0.717) is 11.8 Å². The van der Waals surface area contributed by atoms with Gasteiger partial charge in [-0.05, 0) is 98.5 Å². The van der Waals surface area contributed by atoms with Gasteiger partial charge in [-0.1, -0.05) is 140 Å². The second-order valence-electron chi connectivity index (χ2n) is 13.9. The van der Waals surface area contributed by atoms with Crippen LogP contribution in [0.1, 0.15) is 35.2 Å². The monoisotopic (exact) mass is 653 g/mol. The summed E-state index contributed by atoms with van der Waals surface area (Å²) in [5, 5.41) is 2.48. The summed E-state index contributed by atoms with van der Waals surface area (Å²) < 4.78 is 0. The van der Waals surface area contributed by atoms with Gasteiger partial charge in [0.05, 0.1) is 11.4 Å². The molecule has 2 heterocycles. The summed E-state index contributed by atoms with van der Waals surface area (Å²) >= 11 is 0. The Hall–Kier alpha value is -6.19. The van der Waals surface area contributed by atoms with E-state index in [2.05, 4.69) is 163 Å². The standard InChI is InChI=1S/C48H35N3/c1-2-10-31(11-3-1)32-20-22-34(23-21-32)46-28-47(42-25-24-41(43-27-44(42)43)45-30-49-29-37-13-5-7-18-40(37)45)51-48(50-46)36-16-8-15-35(26-36)39-19-9-14-33-12-4-6-17-38(33)39/h1-4,6-12,14-26,28-30,43-44H,5,13,27H2. The molecule has 1 saturated carbocycles. The molecule has 0 saturated heterocycles. The van der Waals surface area contributed by atoms with Gasteiger partial charge >= 0.3 is 0 Å². The van der Waals surface area contributed by atoms with Gasteiger partial charge in [-0.25, -0.2) is 9.97 Å². The van der Waals surface area contributed by atoms with Crippen molar-refractivity contribution in [2.45, 2.75) is 19.3 Å². The number of rotatable bonds is 6. The Kier molecular flexibility index (Phi) is 7.16. The zero-order chi connectivity index (χ0) is 33.7. The number of aromatic nitrogens is 3. The largest absolute Gasteiger partial charge is 0.264 e. The van der Waals surface area contributed by atoms with E-state index in [1.54, 1.807) is 0 Å². The Morgan fingerprint density at radius 2 is 1.24 bits per heavy atom. The van der Waals surface area contributed by atoms with Crippen molar-refractivity contribution in [1.29, 1.82) is 0 Å². The van der Waals surface area contributed by atoms with Crippen LogP contribution in [-0.2, 0) is 6.42 Å². The first-order valence-corrected chi connectivity index (χ1v) is 18.0. The van der Waals surface area contributed by atoms with Gasteiger partial charge in [0.15, 0.2) is 5.82 Å². The molecule has 3 aliphatic carbocycles. The molecule has 1 fully saturated rings. The summed E-state index contributed by atoms with van der Waals surface area (Å²) in [5.41, 5.74) is 15.5. The van der Waals surface area contributed by atoms with E-state index in [1.165, 1.54) is 55.3 Å². The SMILES string of the molecule is C1=Cc2c(cncc2C2=CC=C(c3cc(-c4ccc(-c5ccccc5)cc4)nc(-c4cccc(-c5cccc6ccccc56)c4)n3)C3CC23)CC1. The fourth-order valence-electron chi connectivity index (χ4n) is 8.09. The number of aryl methyl sites for hydroxylation is 1. The number of hydrogen-bond donors (Lipinski definition) is 0. The molecule has 7 aromatic rings. The van der Waals surface area contributed by atoms with Crippen molar-refractivity contribution in [2.24, 2.45) is 11.8 Å². The predicted octanol–water partition coefficient (Wildman–Crippen LogP) is 11.8. The number of nitrogens with zero attached hydrogens (tertiary/aromatic N) is 3. The molecule has 3 nitrogen and oxygen atoms in total. The first-order chi connectivity index (χ1) is 25.3. The lowest BCUT2D eigenvalue weighted by Gasteiger charge is -2.19. The van der Waals surface area contributed by atoms with E-state index in [9.17, 15) is 0 Å². The first kappa shape index (κ1) is 29.7. The highest BCUT2D eigenvalue weighted by Gasteiger charge is 2.45. The first-order valence-electron chi connectivity index (χ1n) is 18.0. The third-order valence-electron chi connectivity index (χ3n) is 10.8. The summed E-state index contributed by atoms with van der Waals surface area (Å²) in [6.07, 6.45) is 16.6. The molecule has 2 aromatic heterocycles. The molecule has 0 amide bonds. The normalized spacial score (nSPS) is 17.3. The number of fused-ring (bicyclic) bond motifs is 3. The van der Waals surface area contributed by atoms with Gasteiger partial charge in [-0.3, -0.25) is 4.98 Å². The average Bonchev–Trinajstić information content (AvgIpc) is 4.02. The van der Waals surface area contributed by atoms with Crippen LogP contribution in [0.4, 0.5) is 0 Å². The second kappa shape index (κ2) is 12.3. The van der Waals surface area contributed by atoms with Crippen molar-refractivity contribution in [3.8, 4) is 44.9 Å². The summed E-state index contributed by atoms with van der Waals surface area (Å²) in [4.78, 5) is 15.2. The molecule has 242 valence electrons. The molecule has 5 aromatic carbocycles. The van der Waals surface area contributed by atoms with Gasteiger partial charge in [0.2, 0.25) is 0 Å². The van der Waals surface area contributed by atoms with E-state index < -0.39 is 0 Å². The third-order valence-corrected chi connectivity index (χ3v) is 10.8. The van der Waals surface area contributed by atoms with E-state index >= 15 is 0 Å². The second-order valence-corrected chi connectivity index (χ2v) is 13.9. The summed E-state index contributed by atoms with van der Waals surface area (Å²) in [5.74, 6) is 1.66. The Morgan fingerprint density at radius 1 is 0.529 bits per heavy atom.